The lowest BCUT2D eigenvalue weighted by Crippen LogP contribution is -2.35. The van der Waals surface area contributed by atoms with E-state index in [0.717, 1.165) is 10.2 Å². The minimum absolute atomic E-state index is 0.0306. The van der Waals surface area contributed by atoms with Gasteiger partial charge in [-0.25, -0.2) is 9.07 Å². The van der Waals surface area contributed by atoms with Gasteiger partial charge < -0.3 is 5.32 Å². The van der Waals surface area contributed by atoms with Crippen molar-refractivity contribution >= 4 is 29.1 Å². The molecule has 2 rings (SSSR count). The van der Waals surface area contributed by atoms with Crippen molar-refractivity contribution in [2.24, 2.45) is 0 Å². The molecule has 0 aliphatic heterocycles. The summed E-state index contributed by atoms with van der Waals surface area (Å²) < 4.78 is 13.8. The lowest BCUT2D eigenvalue weighted by atomic mass is 10.1. The average Bonchev–Trinajstić information content (AvgIpc) is 2.48. The molecule has 0 radical (unpaired) electrons. The summed E-state index contributed by atoms with van der Waals surface area (Å²) in [5.74, 6) is -0.779. The van der Waals surface area contributed by atoms with Crippen LogP contribution >= 0.6 is 23.2 Å². The van der Waals surface area contributed by atoms with Crippen LogP contribution in [0.25, 0.3) is 0 Å². The quantitative estimate of drug-likeness (QED) is 0.927. The molecule has 1 amide bonds. The van der Waals surface area contributed by atoms with Crippen LogP contribution in [0.3, 0.4) is 0 Å². The van der Waals surface area contributed by atoms with E-state index in [1.54, 1.807) is 19.1 Å². The number of amides is 1. The van der Waals surface area contributed by atoms with Crippen molar-refractivity contribution in [1.29, 1.82) is 0 Å². The van der Waals surface area contributed by atoms with Crippen molar-refractivity contribution in [2.45, 2.75) is 19.5 Å². The zero-order valence-electron chi connectivity index (χ0n) is 11.5. The largest absolute Gasteiger partial charge is 0.348 e. The van der Waals surface area contributed by atoms with Crippen molar-refractivity contribution < 1.29 is 9.18 Å². The summed E-state index contributed by atoms with van der Waals surface area (Å²) in [6.45, 7) is 1.46. The van der Waals surface area contributed by atoms with E-state index in [1.807, 2.05) is 0 Å². The predicted molar refractivity (Wildman–Crippen MR) is 81.5 cm³/mol. The first kappa shape index (κ1) is 16.5. The fraction of sp³-hybridized carbons (Fsp3) is 0.214. The molecule has 1 aromatic heterocycles. The van der Waals surface area contributed by atoms with Crippen LogP contribution in [0.4, 0.5) is 4.39 Å². The van der Waals surface area contributed by atoms with Gasteiger partial charge in [0.25, 0.3) is 5.56 Å². The van der Waals surface area contributed by atoms with Gasteiger partial charge in [0.05, 0.1) is 17.3 Å². The Morgan fingerprint density at radius 2 is 2.00 bits per heavy atom. The molecule has 1 unspecified atom stereocenters. The molecule has 0 aliphatic carbocycles. The molecule has 0 saturated carbocycles. The van der Waals surface area contributed by atoms with E-state index in [-0.39, 0.29) is 28.4 Å². The van der Waals surface area contributed by atoms with Crippen LogP contribution in [0, 0.1) is 5.82 Å². The SMILES string of the molecule is CC(NC(=O)Cn1ncc(Cl)c(Cl)c1=O)c1ccc(F)cc1. The number of carbonyl (C=O) groups is 1. The van der Waals surface area contributed by atoms with E-state index in [4.69, 9.17) is 23.2 Å². The van der Waals surface area contributed by atoms with Crippen molar-refractivity contribution in [1.82, 2.24) is 15.1 Å². The molecular formula is C14H12Cl2FN3O2. The first-order valence-corrected chi connectivity index (χ1v) is 7.10. The highest BCUT2D eigenvalue weighted by atomic mass is 35.5. The lowest BCUT2D eigenvalue weighted by molar-refractivity contribution is -0.122. The number of rotatable bonds is 4. The van der Waals surface area contributed by atoms with Gasteiger partial charge in [0, 0.05) is 0 Å². The maximum absolute atomic E-state index is 12.9. The topological polar surface area (TPSA) is 64.0 Å². The molecule has 1 atom stereocenters. The molecule has 8 heteroatoms. The second-order valence-electron chi connectivity index (χ2n) is 4.61. The monoisotopic (exact) mass is 343 g/mol. The Morgan fingerprint density at radius 3 is 2.64 bits per heavy atom. The van der Waals surface area contributed by atoms with Crippen LogP contribution in [0.2, 0.25) is 10.0 Å². The molecule has 1 heterocycles. The lowest BCUT2D eigenvalue weighted by Gasteiger charge is -2.14. The average molecular weight is 344 g/mol. The van der Waals surface area contributed by atoms with Crippen LogP contribution in [-0.4, -0.2) is 15.7 Å². The number of nitrogens with one attached hydrogen (secondary N) is 1. The number of halogens is 3. The van der Waals surface area contributed by atoms with Gasteiger partial charge in [0.15, 0.2) is 0 Å². The summed E-state index contributed by atoms with van der Waals surface area (Å²) in [7, 11) is 0. The second-order valence-corrected chi connectivity index (χ2v) is 5.40. The Hall–Kier alpha value is -1.92. The summed E-state index contributed by atoms with van der Waals surface area (Å²) in [5, 5.41) is 6.28. The Bertz CT molecular complexity index is 747. The third-order valence-electron chi connectivity index (χ3n) is 2.98. The van der Waals surface area contributed by atoms with Crippen molar-refractivity contribution in [3.8, 4) is 0 Å². The van der Waals surface area contributed by atoms with Gasteiger partial charge in [-0.3, -0.25) is 9.59 Å². The molecule has 0 bridgehead atoms. The fourth-order valence-electron chi connectivity index (χ4n) is 1.82. The van der Waals surface area contributed by atoms with E-state index in [9.17, 15) is 14.0 Å². The van der Waals surface area contributed by atoms with Gasteiger partial charge in [-0.05, 0) is 24.6 Å². The van der Waals surface area contributed by atoms with Crippen LogP contribution < -0.4 is 10.9 Å². The van der Waals surface area contributed by atoms with Gasteiger partial charge in [-0.1, -0.05) is 35.3 Å². The van der Waals surface area contributed by atoms with E-state index >= 15 is 0 Å². The van der Waals surface area contributed by atoms with Crippen LogP contribution in [0.15, 0.2) is 35.3 Å². The summed E-state index contributed by atoms with van der Waals surface area (Å²) >= 11 is 11.4. The molecule has 1 aromatic carbocycles. The highest BCUT2D eigenvalue weighted by molar-refractivity contribution is 6.41. The van der Waals surface area contributed by atoms with Crippen LogP contribution in [0.1, 0.15) is 18.5 Å². The standard InChI is InChI=1S/C14H12Cl2FN3O2/c1-8(9-2-4-10(17)5-3-9)19-12(21)7-20-14(22)13(16)11(15)6-18-20/h2-6,8H,7H2,1H3,(H,19,21). The van der Waals surface area contributed by atoms with Crippen LogP contribution in [-0.2, 0) is 11.3 Å². The maximum Gasteiger partial charge on any atom is 0.287 e. The van der Waals surface area contributed by atoms with Crippen molar-refractivity contribution in [3.63, 3.8) is 0 Å². The smallest absolute Gasteiger partial charge is 0.287 e. The third kappa shape index (κ3) is 3.84. The molecule has 0 spiro atoms. The first-order valence-electron chi connectivity index (χ1n) is 6.34. The summed E-state index contributed by atoms with van der Waals surface area (Å²) in [4.78, 5) is 23.7. The fourth-order valence-corrected chi connectivity index (χ4v) is 2.09. The molecule has 0 fully saturated rings. The van der Waals surface area contributed by atoms with Gasteiger partial charge in [-0.15, -0.1) is 0 Å². The van der Waals surface area contributed by atoms with Gasteiger partial charge >= 0.3 is 0 Å². The number of hydrogen-bond donors (Lipinski definition) is 1. The molecule has 0 saturated heterocycles. The normalized spacial score (nSPS) is 12.0. The minimum Gasteiger partial charge on any atom is -0.348 e. The zero-order chi connectivity index (χ0) is 16.3. The minimum atomic E-state index is -0.640. The summed E-state index contributed by atoms with van der Waals surface area (Å²) in [5.41, 5.74) is 0.1000. The molecule has 2 aromatic rings. The van der Waals surface area contributed by atoms with Gasteiger partial charge in [0.1, 0.15) is 17.4 Å². The molecule has 116 valence electrons. The van der Waals surface area contributed by atoms with Gasteiger partial charge in [-0.2, -0.15) is 5.10 Å². The molecule has 22 heavy (non-hydrogen) atoms. The number of benzene rings is 1. The number of nitrogens with zero attached hydrogens (tertiary/aromatic N) is 2. The summed E-state index contributed by atoms with van der Waals surface area (Å²) in [6, 6.07) is 5.42. The Kier molecular flexibility index (Phi) is 5.15. The Morgan fingerprint density at radius 1 is 1.36 bits per heavy atom. The van der Waals surface area contributed by atoms with E-state index in [1.165, 1.54) is 18.3 Å². The van der Waals surface area contributed by atoms with E-state index in [2.05, 4.69) is 10.4 Å². The molecule has 1 N–H and O–H groups in total. The second kappa shape index (κ2) is 6.89. The number of carbonyl (C=O) groups excluding carboxylic acids is 1. The third-order valence-corrected chi connectivity index (χ3v) is 3.73. The molecular weight excluding hydrogens is 332 g/mol. The first-order chi connectivity index (χ1) is 10.4. The highest BCUT2D eigenvalue weighted by Crippen LogP contribution is 2.15. The van der Waals surface area contributed by atoms with Crippen molar-refractivity contribution in [2.75, 3.05) is 0 Å². The molecule has 5 nitrogen and oxygen atoms in total. The molecule has 0 aliphatic rings. The highest BCUT2D eigenvalue weighted by Gasteiger charge is 2.13. The van der Waals surface area contributed by atoms with E-state index in [0.29, 0.717) is 0 Å². The number of aromatic nitrogens is 2. The van der Waals surface area contributed by atoms with Crippen molar-refractivity contribution in [3.05, 3.63) is 62.2 Å². The summed E-state index contributed by atoms with van der Waals surface area (Å²) in [6.07, 6.45) is 1.20. The Balaban J connectivity index is 2.06. The number of hydrogen-bond acceptors (Lipinski definition) is 3. The Labute approximate surface area is 135 Å². The maximum atomic E-state index is 12.9. The van der Waals surface area contributed by atoms with Gasteiger partial charge in [0.2, 0.25) is 5.91 Å². The van der Waals surface area contributed by atoms with Crippen LogP contribution in [0.5, 0.6) is 0 Å². The predicted octanol–water partition coefficient (Wildman–Crippen LogP) is 2.57. The van der Waals surface area contributed by atoms with E-state index < -0.39 is 11.5 Å². The zero-order valence-corrected chi connectivity index (χ0v) is 13.0.